The van der Waals surface area contributed by atoms with Gasteiger partial charge in [-0.05, 0) is 49.1 Å². The van der Waals surface area contributed by atoms with Gasteiger partial charge in [-0.25, -0.2) is 0 Å². The Morgan fingerprint density at radius 3 is 2.33 bits per heavy atom. The van der Waals surface area contributed by atoms with Crippen LogP contribution in [0.25, 0.3) is 0 Å². The van der Waals surface area contributed by atoms with E-state index in [0.29, 0.717) is 17.5 Å². The normalized spacial score (nSPS) is 11.3. The van der Waals surface area contributed by atoms with Crippen molar-refractivity contribution in [3.63, 3.8) is 0 Å². The third-order valence-electron chi connectivity index (χ3n) is 3.73. The van der Waals surface area contributed by atoms with Crippen molar-refractivity contribution in [3.8, 4) is 6.07 Å². The zero-order chi connectivity index (χ0) is 17.4. The Morgan fingerprint density at radius 2 is 1.75 bits per heavy atom. The van der Waals surface area contributed by atoms with Gasteiger partial charge in [-0.15, -0.1) is 0 Å². The van der Waals surface area contributed by atoms with Gasteiger partial charge in [0.1, 0.15) is 6.04 Å². The van der Waals surface area contributed by atoms with Crippen molar-refractivity contribution < 1.29 is 9.59 Å². The second-order valence-corrected chi connectivity index (χ2v) is 5.50. The van der Waals surface area contributed by atoms with Crippen molar-refractivity contribution in [2.75, 3.05) is 0 Å². The van der Waals surface area contributed by atoms with Gasteiger partial charge in [-0.1, -0.05) is 30.3 Å². The highest BCUT2D eigenvalue weighted by molar-refractivity contribution is 5.97. The van der Waals surface area contributed by atoms with Crippen molar-refractivity contribution in [1.82, 2.24) is 5.32 Å². The zero-order valence-electron chi connectivity index (χ0n) is 13.2. The Balaban J connectivity index is 1.91. The van der Waals surface area contributed by atoms with Crippen molar-refractivity contribution >= 4 is 11.8 Å². The summed E-state index contributed by atoms with van der Waals surface area (Å²) in [5, 5.41) is 11.4. The summed E-state index contributed by atoms with van der Waals surface area (Å²) in [6.07, 6.45) is 2.04. The predicted octanol–water partition coefficient (Wildman–Crippen LogP) is 2.16. The largest absolute Gasteiger partial charge is 0.368 e. The van der Waals surface area contributed by atoms with Crippen molar-refractivity contribution in [2.24, 2.45) is 5.73 Å². The average molecular weight is 321 g/mol. The number of benzene rings is 2. The van der Waals surface area contributed by atoms with E-state index in [1.165, 1.54) is 5.56 Å². The lowest BCUT2D eigenvalue weighted by Gasteiger charge is -2.15. The summed E-state index contributed by atoms with van der Waals surface area (Å²) in [7, 11) is 0. The monoisotopic (exact) mass is 321 g/mol. The number of carbonyl (C=O) groups excluding carboxylic acids is 2. The second kappa shape index (κ2) is 8.49. The van der Waals surface area contributed by atoms with E-state index in [9.17, 15) is 9.59 Å². The smallest absolute Gasteiger partial charge is 0.251 e. The van der Waals surface area contributed by atoms with Gasteiger partial charge in [0.15, 0.2) is 0 Å². The highest BCUT2D eigenvalue weighted by Gasteiger charge is 2.18. The highest BCUT2D eigenvalue weighted by Crippen LogP contribution is 2.08. The summed E-state index contributed by atoms with van der Waals surface area (Å²) in [5.41, 5.74) is 7.44. The average Bonchev–Trinajstić information content (AvgIpc) is 2.61. The molecular formula is C19H19N3O2. The van der Waals surface area contributed by atoms with Crippen LogP contribution in [-0.4, -0.2) is 17.9 Å². The molecule has 0 aliphatic carbocycles. The van der Waals surface area contributed by atoms with E-state index in [2.05, 4.69) is 5.32 Å². The molecule has 2 amide bonds. The summed E-state index contributed by atoms with van der Waals surface area (Å²) >= 11 is 0. The quantitative estimate of drug-likeness (QED) is 0.818. The minimum Gasteiger partial charge on any atom is -0.368 e. The lowest BCUT2D eigenvalue weighted by molar-refractivity contribution is -0.120. The molecule has 3 N–H and O–H groups in total. The predicted molar refractivity (Wildman–Crippen MR) is 91.0 cm³/mol. The number of hydrogen-bond donors (Lipinski definition) is 2. The molecule has 2 aromatic carbocycles. The van der Waals surface area contributed by atoms with Gasteiger partial charge in [0.25, 0.3) is 5.91 Å². The minimum absolute atomic E-state index is 0.372. The van der Waals surface area contributed by atoms with Crippen molar-refractivity contribution in [3.05, 3.63) is 71.3 Å². The lowest BCUT2D eigenvalue weighted by atomic mass is 10.0. The molecule has 122 valence electrons. The van der Waals surface area contributed by atoms with Gasteiger partial charge in [0.2, 0.25) is 5.91 Å². The van der Waals surface area contributed by atoms with Crippen molar-refractivity contribution in [1.29, 1.82) is 5.26 Å². The SMILES string of the molecule is N#Cc1ccc(C(=O)N[C@@H](CCCc2ccccc2)C(N)=O)cc1. The first-order valence-corrected chi connectivity index (χ1v) is 7.74. The van der Waals surface area contributed by atoms with E-state index in [4.69, 9.17) is 11.0 Å². The van der Waals surface area contributed by atoms with Gasteiger partial charge < -0.3 is 11.1 Å². The number of nitrogens with zero attached hydrogens (tertiary/aromatic N) is 1. The first kappa shape index (κ1) is 17.2. The molecule has 5 nitrogen and oxygen atoms in total. The van der Waals surface area contributed by atoms with Crippen LogP contribution in [0.2, 0.25) is 0 Å². The Kier molecular flexibility index (Phi) is 6.09. The van der Waals surface area contributed by atoms with E-state index in [1.807, 2.05) is 36.4 Å². The van der Waals surface area contributed by atoms with Crippen LogP contribution in [0.3, 0.4) is 0 Å². The molecule has 2 rings (SSSR count). The Labute approximate surface area is 141 Å². The topological polar surface area (TPSA) is 96.0 Å². The maximum Gasteiger partial charge on any atom is 0.251 e. The van der Waals surface area contributed by atoms with Gasteiger partial charge in [-0.3, -0.25) is 9.59 Å². The first-order valence-electron chi connectivity index (χ1n) is 7.74. The molecular weight excluding hydrogens is 302 g/mol. The molecule has 2 aromatic rings. The molecule has 24 heavy (non-hydrogen) atoms. The molecule has 0 saturated carbocycles. The minimum atomic E-state index is -0.711. The summed E-state index contributed by atoms with van der Waals surface area (Å²) in [6, 6.07) is 17.4. The number of nitrogens with two attached hydrogens (primary N) is 1. The molecule has 0 fully saturated rings. The molecule has 0 saturated heterocycles. The van der Waals surface area contributed by atoms with E-state index < -0.39 is 11.9 Å². The van der Waals surface area contributed by atoms with Gasteiger partial charge >= 0.3 is 0 Å². The third kappa shape index (κ3) is 4.96. The summed E-state index contributed by atoms with van der Waals surface area (Å²) in [4.78, 5) is 23.8. The van der Waals surface area contributed by atoms with Gasteiger partial charge in [0, 0.05) is 5.56 Å². The highest BCUT2D eigenvalue weighted by atomic mass is 16.2. The van der Waals surface area contributed by atoms with Gasteiger partial charge in [-0.2, -0.15) is 5.26 Å². The van der Waals surface area contributed by atoms with Crippen LogP contribution in [0.4, 0.5) is 0 Å². The van der Waals surface area contributed by atoms with E-state index in [-0.39, 0.29) is 5.91 Å². The molecule has 0 aromatic heterocycles. The molecule has 0 aliphatic rings. The Bertz CT molecular complexity index is 733. The van der Waals surface area contributed by atoms with Crippen LogP contribution in [0.1, 0.15) is 34.3 Å². The number of amides is 2. The zero-order valence-corrected chi connectivity index (χ0v) is 13.2. The fourth-order valence-electron chi connectivity index (χ4n) is 2.38. The van der Waals surface area contributed by atoms with Crippen molar-refractivity contribution in [2.45, 2.75) is 25.3 Å². The Morgan fingerprint density at radius 1 is 1.08 bits per heavy atom. The molecule has 1 atom stereocenters. The number of nitriles is 1. The number of rotatable bonds is 7. The van der Waals surface area contributed by atoms with E-state index in [1.54, 1.807) is 24.3 Å². The summed E-state index contributed by atoms with van der Waals surface area (Å²) in [6.45, 7) is 0. The van der Waals surface area contributed by atoms with Gasteiger partial charge in [0.05, 0.1) is 11.6 Å². The fourth-order valence-corrected chi connectivity index (χ4v) is 2.38. The van der Waals surface area contributed by atoms with Crippen LogP contribution in [0.15, 0.2) is 54.6 Å². The molecule has 0 radical (unpaired) electrons. The number of carbonyl (C=O) groups is 2. The number of hydrogen-bond acceptors (Lipinski definition) is 3. The number of nitrogens with one attached hydrogen (secondary N) is 1. The molecule has 0 unspecified atom stereocenters. The molecule has 0 spiro atoms. The molecule has 5 heteroatoms. The third-order valence-corrected chi connectivity index (χ3v) is 3.73. The van der Waals surface area contributed by atoms with Crippen LogP contribution in [0.5, 0.6) is 0 Å². The standard InChI is InChI=1S/C19H19N3O2/c20-13-15-9-11-16(12-10-15)19(24)22-17(18(21)23)8-4-7-14-5-2-1-3-6-14/h1-3,5-6,9-12,17H,4,7-8H2,(H2,21,23)(H,22,24)/t17-/m0/s1. The maximum absolute atomic E-state index is 12.2. The number of aryl methyl sites for hydroxylation is 1. The molecule has 0 heterocycles. The summed E-state index contributed by atoms with van der Waals surface area (Å²) in [5.74, 6) is -0.923. The van der Waals surface area contributed by atoms with Crippen LogP contribution >= 0.6 is 0 Å². The Hall–Kier alpha value is -3.13. The van der Waals surface area contributed by atoms with Crippen LogP contribution in [0, 0.1) is 11.3 Å². The number of primary amides is 1. The first-order chi connectivity index (χ1) is 11.6. The molecule has 0 aliphatic heterocycles. The summed E-state index contributed by atoms with van der Waals surface area (Å²) < 4.78 is 0. The second-order valence-electron chi connectivity index (χ2n) is 5.50. The molecule has 0 bridgehead atoms. The van der Waals surface area contributed by atoms with E-state index >= 15 is 0 Å². The van der Waals surface area contributed by atoms with E-state index in [0.717, 1.165) is 12.8 Å². The lowest BCUT2D eigenvalue weighted by Crippen LogP contribution is -2.44. The van der Waals surface area contributed by atoms with Crippen LogP contribution in [-0.2, 0) is 11.2 Å². The van der Waals surface area contributed by atoms with Crippen LogP contribution < -0.4 is 11.1 Å². The fraction of sp³-hybridized carbons (Fsp3) is 0.211. The maximum atomic E-state index is 12.2.